The molecule has 0 aromatic heterocycles. The van der Waals surface area contributed by atoms with Gasteiger partial charge in [0.2, 0.25) is 0 Å². The summed E-state index contributed by atoms with van der Waals surface area (Å²) in [5, 5.41) is 0. The minimum absolute atomic E-state index is 0.00116. The molecule has 7 heavy (non-hydrogen) atoms. The van der Waals surface area contributed by atoms with Crippen molar-refractivity contribution < 1.29 is 14.0 Å². The van der Waals surface area contributed by atoms with Crippen molar-refractivity contribution in [3.63, 3.8) is 0 Å². The van der Waals surface area contributed by atoms with Crippen LogP contribution >= 0.6 is 0 Å². The predicted octanol–water partition coefficient (Wildman–Crippen LogP) is -0.263. The maximum atomic E-state index is 10.3. The Morgan fingerprint density at radius 3 is 2.57 bits per heavy atom. The van der Waals surface area contributed by atoms with E-state index in [0.29, 0.717) is 6.42 Å². The Labute approximate surface area is 43.8 Å². The molecule has 4 heteroatoms. The Kier molecular flexibility index (Phi) is 0.799. The Balaban J connectivity index is 2.71. The molecule has 0 amide bonds. The zero-order valence-corrected chi connectivity index (χ0v) is 4.44. The van der Waals surface area contributed by atoms with Gasteiger partial charge in [-0.1, -0.05) is 0 Å². The molecule has 1 saturated heterocycles. The molecular weight excluding hydrogens is 116 g/mol. The first kappa shape index (κ1) is 3.86. The lowest BCUT2D eigenvalue weighted by atomic mass is 10.5. The molecule has 0 bridgehead atoms. The van der Waals surface area contributed by atoms with Gasteiger partial charge in [-0.15, -0.1) is 0 Å². The van der Waals surface area contributed by atoms with Crippen LogP contribution in [-0.4, -0.2) is 20.8 Å². The second-order valence-electron chi connectivity index (χ2n) is 1.31. The standard InChI is InChI=1S/C3H6O3S/c4-7(5)3-1-2-6-7/h1-3H2/i2D. The van der Waals surface area contributed by atoms with Gasteiger partial charge in [0.05, 0.1) is 13.7 Å². The fourth-order valence-corrected chi connectivity index (χ4v) is 1.18. The van der Waals surface area contributed by atoms with Gasteiger partial charge in [-0.2, -0.15) is 8.42 Å². The van der Waals surface area contributed by atoms with Gasteiger partial charge in [-0.25, -0.2) is 0 Å². The van der Waals surface area contributed by atoms with E-state index in [1.807, 2.05) is 0 Å². The molecule has 1 heterocycles. The van der Waals surface area contributed by atoms with Crippen molar-refractivity contribution in [3.05, 3.63) is 0 Å². The van der Waals surface area contributed by atoms with Gasteiger partial charge in [0.25, 0.3) is 10.1 Å². The molecule has 0 aromatic carbocycles. The van der Waals surface area contributed by atoms with Crippen LogP contribution in [0.3, 0.4) is 0 Å². The van der Waals surface area contributed by atoms with Crippen molar-refractivity contribution in [3.8, 4) is 0 Å². The monoisotopic (exact) mass is 123 g/mol. The topological polar surface area (TPSA) is 43.4 Å². The summed E-state index contributed by atoms with van der Waals surface area (Å²) in [5.41, 5.74) is 0. The van der Waals surface area contributed by atoms with Crippen molar-refractivity contribution in [2.75, 3.05) is 12.3 Å². The summed E-state index contributed by atoms with van der Waals surface area (Å²) in [6.07, 6.45) is 0.308. The van der Waals surface area contributed by atoms with Crippen LogP contribution in [0.4, 0.5) is 0 Å². The summed E-state index contributed by atoms with van der Waals surface area (Å²) in [6, 6.07) is 0. The first-order chi connectivity index (χ1) is 3.60. The van der Waals surface area contributed by atoms with Gasteiger partial charge in [0.1, 0.15) is 0 Å². The molecule has 1 atom stereocenters. The van der Waals surface area contributed by atoms with Crippen LogP contribution in [0.25, 0.3) is 0 Å². The van der Waals surface area contributed by atoms with E-state index in [1.54, 1.807) is 0 Å². The van der Waals surface area contributed by atoms with E-state index in [0.717, 1.165) is 0 Å². The van der Waals surface area contributed by atoms with E-state index < -0.39 is 16.7 Å². The third kappa shape index (κ3) is 1.14. The highest BCUT2D eigenvalue weighted by Gasteiger charge is 2.16. The normalized spacial score (nSPS) is 40.6. The Hall–Kier alpha value is -0.0900. The van der Waals surface area contributed by atoms with Crippen LogP contribution in [0.2, 0.25) is 0 Å². The lowest BCUT2D eigenvalue weighted by Gasteiger charge is -1.83. The van der Waals surface area contributed by atoms with Gasteiger partial charge < -0.3 is 0 Å². The number of hydrogen-bond donors (Lipinski definition) is 0. The highest BCUT2D eigenvalue weighted by molar-refractivity contribution is 7.86. The minimum Gasteiger partial charge on any atom is -0.270 e. The molecule has 0 spiro atoms. The fourth-order valence-electron chi connectivity index (χ4n) is 0.392. The summed E-state index contributed by atoms with van der Waals surface area (Å²) in [6.45, 7) is -0.847. The van der Waals surface area contributed by atoms with Crippen molar-refractivity contribution in [1.82, 2.24) is 0 Å². The maximum Gasteiger partial charge on any atom is 0.267 e. The van der Waals surface area contributed by atoms with Crippen LogP contribution < -0.4 is 0 Å². The molecule has 1 rings (SSSR count). The van der Waals surface area contributed by atoms with E-state index in [2.05, 4.69) is 4.18 Å². The first-order valence-electron chi connectivity index (χ1n) is 2.51. The second kappa shape index (κ2) is 1.45. The third-order valence-electron chi connectivity index (χ3n) is 0.700. The molecule has 1 fully saturated rings. The molecular formula is C3H6O3S. The van der Waals surface area contributed by atoms with Crippen molar-refractivity contribution in [1.29, 1.82) is 0 Å². The van der Waals surface area contributed by atoms with Crippen molar-refractivity contribution in [2.24, 2.45) is 0 Å². The van der Waals surface area contributed by atoms with Crippen LogP contribution in [-0.2, 0) is 14.3 Å². The van der Waals surface area contributed by atoms with Crippen LogP contribution in [0.5, 0.6) is 0 Å². The van der Waals surface area contributed by atoms with E-state index in [-0.39, 0.29) is 5.75 Å². The van der Waals surface area contributed by atoms with Crippen LogP contribution in [0.15, 0.2) is 0 Å². The Morgan fingerprint density at radius 1 is 1.71 bits per heavy atom. The third-order valence-corrected chi connectivity index (χ3v) is 1.87. The summed E-state index contributed by atoms with van der Waals surface area (Å²) in [5.74, 6) is 0.00116. The summed E-state index contributed by atoms with van der Waals surface area (Å²) in [4.78, 5) is 0. The molecule has 3 nitrogen and oxygen atoms in total. The van der Waals surface area contributed by atoms with E-state index in [9.17, 15) is 8.42 Å². The zero-order chi connectivity index (χ0) is 6.20. The van der Waals surface area contributed by atoms with Gasteiger partial charge in [-0.3, -0.25) is 4.18 Å². The molecule has 0 aromatic rings. The largest absolute Gasteiger partial charge is 0.270 e. The highest BCUT2D eigenvalue weighted by Crippen LogP contribution is 2.04. The van der Waals surface area contributed by atoms with Gasteiger partial charge in [0.15, 0.2) is 0 Å². The van der Waals surface area contributed by atoms with Crippen LogP contribution in [0.1, 0.15) is 7.79 Å². The SMILES string of the molecule is [2H]C1CCS(=O)(=O)O1. The molecule has 0 aliphatic carbocycles. The van der Waals surface area contributed by atoms with Crippen LogP contribution in [0, 0.1) is 0 Å². The average Bonchev–Trinajstić information content (AvgIpc) is 1.82. The number of rotatable bonds is 0. The lowest BCUT2D eigenvalue weighted by molar-refractivity contribution is 0.354. The van der Waals surface area contributed by atoms with Gasteiger partial charge in [-0.05, 0) is 6.42 Å². The molecule has 0 N–H and O–H groups in total. The smallest absolute Gasteiger partial charge is 0.267 e. The molecule has 42 valence electrons. The average molecular weight is 123 g/mol. The van der Waals surface area contributed by atoms with E-state index >= 15 is 0 Å². The van der Waals surface area contributed by atoms with Gasteiger partial charge >= 0.3 is 0 Å². The van der Waals surface area contributed by atoms with E-state index in [1.165, 1.54) is 0 Å². The second-order valence-corrected chi connectivity index (χ2v) is 3.03. The lowest BCUT2D eigenvalue weighted by Crippen LogP contribution is -1.96. The Bertz CT molecular complexity index is 173. The van der Waals surface area contributed by atoms with Crippen molar-refractivity contribution in [2.45, 2.75) is 6.42 Å². The molecule has 1 aliphatic rings. The maximum absolute atomic E-state index is 10.3. The quantitative estimate of drug-likeness (QED) is 0.417. The number of hydrogen-bond acceptors (Lipinski definition) is 3. The molecule has 0 saturated carbocycles. The molecule has 1 unspecified atom stereocenters. The molecule has 0 radical (unpaired) electrons. The first-order valence-corrected chi connectivity index (χ1v) is 3.51. The van der Waals surface area contributed by atoms with Gasteiger partial charge in [0, 0.05) is 0 Å². The van der Waals surface area contributed by atoms with E-state index in [4.69, 9.17) is 1.37 Å². The van der Waals surface area contributed by atoms with Crippen molar-refractivity contribution >= 4 is 10.1 Å². The predicted molar refractivity (Wildman–Crippen MR) is 24.4 cm³/mol. The zero-order valence-electron chi connectivity index (χ0n) is 4.62. The summed E-state index contributed by atoms with van der Waals surface area (Å²) in [7, 11) is -3.28. The summed E-state index contributed by atoms with van der Waals surface area (Å²) < 4.78 is 31.6. The fraction of sp³-hybridized carbons (Fsp3) is 1.00. The summed E-state index contributed by atoms with van der Waals surface area (Å²) >= 11 is 0. The minimum atomic E-state index is -3.28. The highest BCUT2D eigenvalue weighted by atomic mass is 32.2. The Morgan fingerprint density at radius 2 is 2.43 bits per heavy atom. The molecule has 1 aliphatic heterocycles.